The lowest BCUT2D eigenvalue weighted by atomic mass is 9.80. The van der Waals surface area contributed by atoms with Gasteiger partial charge in [-0.25, -0.2) is 14.7 Å². The Morgan fingerprint density at radius 2 is 1.44 bits per heavy atom. The first-order chi connectivity index (χ1) is 19.7. The van der Waals surface area contributed by atoms with E-state index >= 15 is 0 Å². The Labute approximate surface area is 238 Å². The van der Waals surface area contributed by atoms with Gasteiger partial charge in [0.05, 0.1) is 11.3 Å². The highest BCUT2D eigenvalue weighted by Gasteiger charge is 2.69. The molecular formula is C30H24N6O4S. The van der Waals surface area contributed by atoms with Crippen LogP contribution in [0.15, 0.2) is 94.7 Å². The zero-order valence-corrected chi connectivity index (χ0v) is 23.2. The molecule has 4 aromatic rings. The maximum atomic E-state index is 14.2. The summed E-state index contributed by atoms with van der Waals surface area (Å²) in [7, 11) is 3.37. The quantitative estimate of drug-likeness (QED) is 0.400. The summed E-state index contributed by atoms with van der Waals surface area (Å²) in [5, 5.41) is 0. The molecule has 2 atom stereocenters. The number of urea groups is 1. The van der Waals surface area contributed by atoms with Crippen molar-refractivity contribution < 1.29 is 14.4 Å². The molecule has 0 aliphatic carbocycles. The van der Waals surface area contributed by atoms with Gasteiger partial charge >= 0.3 is 6.03 Å². The smallest absolute Gasteiger partial charge is 0.295 e. The van der Waals surface area contributed by atoms with Crippen LogP contribution in [0.25, 0.3) is 5.57 Å². The number of rotatable bonds is 2. The molecule has 3 aliphatic rings. The third-order valence-electron chi connectivity index (χ3n) is 8.12. The van der Waals surface area contributed by atoms with Crippen LogP contribution in [-0.2, 0) is 20.9 Å². The second kappa shape index (κ2) is 8.48. The van der Waals surface area contributed by atoms with Crippen LogP contribution in [0, 0.1) is 0 Å². The number of fused-ring (bicyclic) bond motifs is 3. The third kappa shape index (κ3) is 2.98. The fourth-order valence-corrected chi connectivity index (χ4v) is 7.37. The van der Waals surface area contributed by atoms with Crippen molar-refractivity contribution in [3.05, 3.63) is 121 Å². The van der Waals surface area contributed by atoms with Gasteiger partial charge in [0.2, 0.25) is 22.0 Å². The summed E-state index contributed by atoms with van der Waals surface area (Å²) >= 11 is 1.05. The third-order valence-corrected chi connectivity index (χ3v) is 9.16. The fourth-order valence-electron chi connectivity index (χ4n) is 6.32. The lowest BCUT2D eigenvalue weighted by Gasteiger charge is -2.49. The van der Waals surface area contributed by atoms with Crippen molar-refractivity contribution in [3.8, 4) is 0 Å². The van der Waals surface area contributed by atoms with Crippen molar-refractivity contribution in [3.63, 3.8) is 0 Å². The topological polar surface area (TPSA) is 107 Å². The van der Waals surface area contributed by atoms with Crippen molar-refractivity contribution in [1.29, 1.82) is 0 Å². The van der Waals surface area contributed by atoms with Crippen LogP contribution in [0.1, 0.15) is 23.6 Å². The summed E-state index contributed by atoms with van der Waals surface area (Å²) in [6.45, 7) is 1.32. The van der Waals surface area contributed by atoms with Crippen LogP contribution in [0.4, 0.5) is 10.5 Å². The summed E-state index contributed by atoms with van der Waals surface area (Å²) in [4.78, 5) is 63.6. The van der Waals surface area contributed by atoms with Crippen molar-refractivity contribution in [2.24, 2.45) is 4.99 Å². The number of hydrogen-bond acceptors (Lipinski definition) is 7. The molecule has 3 aromatic carbocycles. The van der Waals surface area contributed by atoms with Crippen LogP contribution in [0.2, 0.25) is 0 Å². The standard InChI is InChI=1S/C30H24N6O4S/c1-18(37)35-22-17-11-10-16-21(22)23(25(35)38)24-26(39)36-27(41-24)31-29(19-12-6-4-7-13-19)30(32-36,20-14-8-5-9-15-20)34(3)28(40)33(29)2/h4-17,32H,1-3H3/b24-23-/t29-,30-/m0/s1. The lowest BCUT2D eigenvalue weighted by molar-refractivity contribution is -0.122. The van der Waals surface area contributed by atoms with Crippen molar-refractivity contribution in [2.45, 2.75) is 18.2 Å². The molecule has 3 aliphatic heterocycles. The van der Waals surface area contributed by atoms with E-state index in [1.807, 2.05) is 60.7 Å². The summed E-state index contributed by atoms with van der Waals surface area (Å²) in [6.07, 6.45) is 0. The van der Waals surface area contributed by atoms with Gasteiger partial charge in [-0.2, -0.15) is 4.68 Å². The Hall–Kier alpha value is -5.03. The first-order valence-corrected chi connectivity index (χ1v) is 13.8. The zero-order valence-electron chi connectivity index (χ0n) is 22.4. The van der Waals surface area contributed by atoms with E-state index in [0.717, 1.165) is 27.4 Å². The summed E-state index contributed by atoms with van der Waals surface area (Å²) in [5.41, 5.74) is 2.81. The van der Waals surface area contributed by atoms with Gasteiger partial charge in [0.25, 0.3) is 11.5 Å². The SMILES string of the molecule is CC(=O)N1C(=O)/C(=c2\sc3n(c2=O)N[C@@]2(c4ccccc4)N(C)C(=O)N(C)[C@]2(c2ccccc2)N=3)c2ccccc21. The van der Waals surface area contributed by atoms with Gasteiger partial charge in [0, 0.05) is 37.7 Å². The molecule has 4 amide bonds. The molecule has 1 fully saturated rings. The lowest BCUT2D eigenvalue weighted by Crippen LogP contribution is -2.67. The van der Waals surface area contributed by atoms with E-state index in [9.17, 15) is 19.2 Å². The van der Waals surface area contributed by atoms with E-state index in [1.165, 1.54) is 11.6 Å². The number of carbonyl (C=O) groups is 3. The van der Waals surface area contributed by atoms with Gasteiger partial charge in [-0.1, -0.05) is 90.2 Å². The molecule has 0 bridgehead atoms. The predicted octanol–water partition coefficient (Wildman–Crippen LogP) is 1.88. The Balaban J connectivity index is 1.61. The molecule has 0 saturated carbocycles. The van der Waals surface area contributed by atoms with E-state index in [2.05, 4.69) is 5.43 Å². The number of imide groups is 1. The summed E-state index contributed by atoms with van der Waals surface area (Å²) in [5.74, 6) is -1.00. The van der Waals surface area contributed by atoms with Crippen LogP contribution < -0.4 is 25.2 Å². The summed E-state index contributed by atoms with van der Waals surface area (Å²) < 4.78 is 1.47. The van der Waals surface area contributed by atoms with Gasteiger partial charge in [-0.15, -0.1) is 0 Å². The number of thiazole rings is 1. The zero-order chi connectivity index (χ0) is 28.7. The minimum atomic E-state index is -1.33. The average Bonchev–Trinajstić information content (AvgIpc) is 3.52. The number of amides is 4. The number of likely N-dealkylation sites (N-methyl/N-ethyl adjacent to an activating group) is 2. The Bertz CT molecular complexity index is 1970. The molecule has 41 heavy (non-hydrogen) atoms. The van der Waals surface area contributed by atoms with E-state index in [-0.39, 0.29) is 20.9 Å². The van der Waals surface area contributed by atoms with Crippen LogP contribution in [0.5, 0.6) is 0 Å². The maximum Gasteiger partial charge on any atom is 0.324 e. The minimum absolute atomic E-state index is 0.148. The van der Waals surface area contributed by atoms with Crippen LogP contribution >= 0.6 is 11.3 Å². The molecule has 4 heterocycles. The molecule has 204 valence electrons. The molecule has 0 spiro atoms. The molecule has 1 aromatic heterocycles. The Morgan fingerprint density at radius 1 is 0.829 bits per heavy atom. The molecule has 0 radical (unpaired) electrons. The molecule has 1 saturated heterocycles. The first-order valence-electron chi connectivity index (χ1n) is 13.0. The number of para-hydroxylation sites is 1. The van der Waals surface area contributed by atoms with Gasteiger partial charge in [0.1, 0.15) is 4.53 Å². The number of nitrogens with one attached hydrogen (secondary N) is 1. The predicted molar refractivity (Wildman–Crippen MR) is 153 cm³/mol. The van der Waals surface area contributed by atoms with Gasteiger partial charge < -0.3 is 0 Å². The highest BCUT2D eigenvalue weighted by molar-refractivity contribution is 7.07. The first kappa shape index (κ1) is 25.0. The molecule has 0 unspecified atom stereocenters. The van der Waals surface area contributed by atoms with Crippen molar-refractivity contribution in [1.82, 2.24) is 14.5 Å². The summed E-state index contributed by atoms with van der Waals surface area (Å²) in [6, 6.07) is 25.5. The van der Waals surface area contributed by atoms with Gasteiger partial charge in [-0.3, -0.25) is 29.6 Å². The number of hydrogen-bond donors (Lipinski definition) is 1. The van der Waals surface area contributed by atoms with E-state index in [0.29, 0.717) is 11.3 Å². The largest absolute Gasteiger partial charge is 0.324 e. The van der Waals surface area contributed by atoms with Crippen molar-refractivity contribution in [2.75, 3.05) is 24.4 Å². The molecule has 11 heteroatoms. The molecule has 7 rings (SSSR count). The molecule has 1 N–H and O–H groups in total. The van der Waals surface area contributed by atoms with E-state index in [4.69, 9.17) is 4.99 Å². The number of aromatic nitrogens is 1. The number of nitrogens with zero attached hydrogens (tertiary/aromatic N) is 5. The van der Waals surface area contributed by atoms with E-state index < -0.39 is 28.7 Å². The second-order valence-electron chi connectivity index (χ2n) is 10.1. The normalized spacial score (nSPS) is 24.0. The minimum Gasteiger partial charge on any atom is -0.295 e. The Kier molecular flexibility index (Phi) is 5.17. The van der Waals surface area contributed by atoms with Crippen LogP contribution in [-0.4, -0.2) is 46.4 Å². The monoisotopic (exact) mass is 564 g/mol. The second-order valence-corrected chi connectivity index (χ2v) is 11.1. The van der Waals surface area contributed by atoms with Crippen molar-refractivity contribution >= 4 is 40.4 Å². The average molecular weight is 565 g/mol. The number of benzene rings is 3. The molecule has 10 nitrogen and oxygen atoms in total. The van der Waals surface area contributed by atoms with Crippen LogP contribution in [0.3, 0.4) is 0 Å². The number of anilines is 1. The van der Waals surface area contributed by atoms with Gasteiger partial charge in [0.15, 0.2) is 0 Å². The number of carbonyl (C=O) groups excluding carboxylic acids is 3. The molecular weight excluding hydrogens is 540 g/mol. The Morgan fingerprint density at radius 3 is 2.10 bits per heavy atom. The van der Waals surface area contributed by atoms with Gasteiger partial charge in [-0.05, 0) is 6.07 Å². The fraction of sp³-hybridized carbons (Fsp3) is 0.167. The highest BCUT2D eigenvalue weighted by atomic mass is 32.1. The highest BCUT2D eigenvalue weighted by Crippen LogP contribution is 2.53. The van der Waals surface area contributed by atoms with E-state index in [1.54, 1.807) is 48.2 Å². The maximum absolute atomic E-state index is 14.2.